The minimum atomic E-state index is -0.593. The second-order valence-corrected chi connectivity index (χ2v) is 3.50. The van der Waals surface area contributed by atoms with Crippen LogP contribution in [0, 0.1) is 0 Å². The van der Waals surface area contributed by atoms with Crippen molar-refractivity contribution in [2.45, 2.75) is 25.1 Å². The van der Waals surface area contributed by atoms with Crippen molar-refractivity contribution in [3.05, 3.63) is 24.3 Å². The van der Waals surface area contributed by atoms with Crippen molar-refractivity contribution in [1.29, 1.82) is 0 Å². The van der Waals surface area contributed by atoms with E-state index in [9.17, 15) is 4.39 Å². The Morgan fingerprint density at radius 2 is 2.25 bits per heavy atom. The number of hydrogen-bond donors (Lipinski definition) is 0. The van der Waals surface area contributed by atoms with Crippen LogP contribution in [0.1, 0.15) is 12.8 Å². The SMILES string of the molecule is FC1CCN(C2C=CC=CC2)C1. The normalized spacial score (nSPS) is 36.1. The fourth-order valence-corrected chi connectivity index (χ4v) is 1.88. The molecule has 2 aliphatic rings. The maximum absolute atomic E-state index is 12.8. The lowest BCUT2D eigenvalue weighted by molar-refractivity contribution is 0.252. The second kappa shape index (κ2) is 3.40. The number of halogens is 1. The van der Waals surface area contributed by atoms with Gasteiger partial charge in [0, 0.05) is 19.1 Å². The van der Waals surface area contributed by atoms with Gasteiger partial charge in [-0.2, -0.15) is 0 Å². The zero-order valence-corrected chi connectivity index (χ0v) is 7.12. The average molecular weight is 167 g/mol. The lowest BCUT2D eigenvalue weighted by Crippen LogP contribution is -2.32. The Morgan fingerprint density at radius 3 is 2.83 bits per heavy atom. The molecule has 2 unspecified atom stereocenters. The molecule has 66 valence electrons. The van der Waals surface area contributed by atoms with Crippen LogP contribution >= 0.6 is 0 Å². The first kappa shape index (κ1) is 7.99. The minimum Gasteiger partial charge on any atom is -0.294 e. The molecule has 1 nitrogen and oxygen atoms in total. The van der Waals surface area contributed by atoms with E-state index in [1.54, 1.807) is 0 Å². The molecule has 1 aliphatic heterocycles. The van der Waals surface area contributed by atoms with E-state index in [0.29, 0.717) is 19.0 Å². The Labute approximate surface area is 72.6 Å². The first-order chi connectivity index (χ1) is 5.86. The molecule has 1 fully saturated rings. The summed E-state index contributed by atoms with van der Waals surface area (Å²) in [4.78, 5) is 2.23. The molecule has 0 aromatic heterocycles. The first-order valence-electron chi connectivity index (χ1n) is 4.58. The highest BCUT2D eigenvalue weighted by molar-refractivity contribution is 5.14. The molecular formula is C10H14FN. The third-order valence-electron chi connectivity index (χ3n) is 2.59. The molecule has 0 saturated carbocycles. The van der Waals surface area contributed by atoms with Gasteiger partial charge in [0.2, 0.25) is 0 Å². The van der Waals surface area contributed by atoms with Crippen molar-refractivity contribution in [3.63, 3.8) is 0 Å². The maximum atomic E-state index is 12.8. The number of rotatable bonds is 1. The Morgan fingerprint density at radius 1 is 1.33 bits per heavy atom. The van der Waals surface area contributed by atoms with Gasteiger partial charge in [-0.3, -0.25) is 4.90 Å². The molecule has 1 aliphatic carbocycles. The second-order valence-electron chi connectivity index (χ2n) is 3.50. The van der Waals surface area contributed by atoms with Gasteiger partial charge in [0.05, 0.1) is 0 Å². The van der Waals surface area contributed by atoms with Gasteiger partial charge in [0.1, 0.15) is 6.17 Å². The fourth-order valence-electron chi connectivity index (χ4n) is 1.88. The predicted molar refractivity (Wildman–Crippen MR) is 47.8 cm³/mol. The number of hydrogen-bond acceptors (Lipinski definition) is 1. The van der Waals surface area contributed by atoms with Gasteiger partial charge in [-0.05, 0) is 12.8 Å². The lowest BCUT2D eigenvalue weighted by atomic mass is 10.1. The van der Waals surface area contributed by atoms with Gasteiger partial charge < -0.3 is 0 Å². The summed E-state index contributed by atoms with van der Waals surface area (Å²) < 4.78 is 12.8. The summed E-state index contributed by atoms with van der Waals surface area (Å²) in [7, 11) is 0. The highest BCUT2D eigenvalue weighted by Gasteiger charge is 2.26. The summed E-state index contributed by atoms with van der Waals surface area (Å²) >= 11 is 0. The number of likely N-dealkylation sites (tertiary alicyclic amines) is 1. The van der Waals surface area contributed by atoms with Crippen LogP contribution in [0.3, 0.4) is 0 Å². The molecule has 2 atom stereocenters. The van der Waals surface area contributed by atoms with Crippen molar-refractivity contribution in [3.8, 4) is 0 Å². The van der Waals surface area contributed by atoms with E-state index < -0.39 is 6.17 Å². The summed E-state index contributed by atoms with van der Waals surface area (Å²) in [6.07, 6.45) is 9.59. The van der Waals surface area contributed by atoms with Crippen LogP contribution in [0.25, 0.3) is 0 Å². The fraction of sp³-hybridized carbons (Fsp3) is 0.600. The predicted octanol–water partition coefficient (Wildman–Crippen LogP) is 1.91. The molecule has 0 N–H and O–H groups in total. The van der Waals surface area contributed by atoms with Crippen molar-refractivity contribution < 1.29 is 4.39 Å². The molecule has 0 spiro atoms. The van der Waals surface area contributed by atoms with E-state index in [0.717, 1.165) is 13.0 Å². The van der Waals surface area contributed by atoms with E-state index in [1.165, 1.54) is 0 Å². The molecule has 0 radical (unpaired) electrons. The summed E-state index contributed by atoms with van der Waals surface area (Å²) in [5, 5.41) is 0. The molecule has 2 heteroatoms. The van der Waals surface area contributed by atoms with Crippen molar-refractivity contribution in [2.75, 3.05) is 13.1 Å². The van der Waals surface area contributed by atoms with E-state index in [2.05, 4.69) is 29.2 Å². The number of alkyl halides is 1. The van der Waals surface area contributed by atoms with Crippen LogP contribution in [0.5, 0.6) is 0 Å². The standard InChI is InChI=1S/C10H14FN/c11-9-6-7-12(8-9)10-4-2-1-3-5-10/h1-4,9-10H,5-8H2. The molecule has 1 heterocycles. The van der Waals surface area contributed by atoms with E-state index >= 15 is 0 Å². The molecule has 0 bridgehead atoms. The molecule has 12 heavy (non-hydrogen) atoms. The highest BCUT2D eigenvalue weighted by Crippen LogP contribution is 2.19. The van der Waals surface area contributed by atoms with Gasteiger partial charge in [0.25, 0.3) is 0 Å². The van der Waals surface area contributed by atoms with Crippen molar-refractivity contribution >= 4 is 0 Å². The summed E-state index contributed by atoms with van der Waals surface area (Å²) in [6, 6.07) is 0.454. The zero-order chi connectivity index (χ0) is 8.39. The van der Waals surface area contributed by atoms with Crippen molar-refractivity contribution in [2.24, 2.45) is 0 Å². The van der Waals surface area contributed by atoms with Gasteiger partial charge in [-0.25, -0.2) is 4.39 Å². The van der Waals surface area contributed by atoms with E-state index in [-0.39, 0.29) is 0 Å². The molecule has 2 rings (SSSR count). The topological polar surface area (TPSA) is 3.24 Å². The van der Waals surface area contributed by atoms with Gasteiger partial charge in [-0.1, -0.05) is 24.3 Å². The van der Waals surface area contributed by atoms with Crippen LogP contribution < -0.4 is 0 Å². The van der Waals surface area contributed by atoms with E-state index in [4.69, 9.17) is 0 Å². The summed E-state index contributed by atoms with van der Waals surface area (Å²) in [5.41, 5.74) is 0. The Hall–Kier alpha value is -0.630. The van der Waals surface area contributed by atoms with Crippen LogP contribution in [-0.2, 0) is 0 Å². The smallest absolute Gasteiger partial charge is 0.114 e. The Kier molecular flexibility index (Phi) is 2.26. The molecular weight excluding hydrogens is 153 g/mol. The first-order valence-corrected chi connectivity index (χ1v) is 4.58. The minimum absolute atomic E-state index is 0.454. The molecule has 0 amide bonds. The maximum Gasteiger partial charge on any atom is 0.114 e. The largest absolute Gasteiger partial charge is 0.294 e. The Bertz CT molecular complexity index is 210. The van der Waals surface area contributed by atoms with Crippen LogP contribution in [0.2, 0.25) is 0 Å². The summed E-state index contributed by atoms with van der Waals surface area (Å²) in [5.74, 6) is 0. The molecule has 1 saturated heterocycles. The third-order valence-corrected chi connectivity index (χ3v) is 2.59. The lowest BCUT2D eigenvalue weighted by Gasteiger charge is -2.24. The van der Waals surface area contributed by atoms with Crippen molar-refractivity contribution in [1.82, 2.24) is 4.90 Å². The number of allylic oxidation sites excluding steroid dienone is 2. The van der Waals surface area contributed by atoms with Crippen LogP contribution in [0.15, 0.2) is 24.3 Å². The molecule has 0 aromatic carbocycles. The van der Waals surface area contributed by atoms with Gasteiger partial charge in [-0.15, -0.1) is 0 Å². The zero-order valence-electron chi connectivity index (χ0n) is 7.12. The van der Waals surface area contributed by atoms with Gasteiger partial charge in [0.15, 0.2) is 0 Å². The monoisotopic (exact) mass is 167 g/mol. The summed E-state index contributed by atoms with van der Waals surface area (Å²) in [6.45, 7) is 1.55. The highest BCUT2D eigenvalue weighted by atomic mass is 19.1. The molecule has 0 aromatic rings. The Balaban J connectivity index is 1.93. The number of nitrogens with zero attached hydrogens (tertiary/aromatic N) is 1. The van der Waals surface area contributed by atoms with Gasteiger partial charge >= 0.3 is 0 Å². The van der Waals surface area contributed by atoms with E-state index in [1.807, 2.05) is 0 Å². The van der Waals surface area contributed by atoms with Crippen LogP contribution in [0.4, 0.5) is 4.39 Å². The third kappa shape index (κ3) is 1.58. The quantitative estimate of drug-likeness (QED) is 0.576. The van der Waals surface area contributed by atoms with Crippen LogP contribution in [-0.4, -0.2) is 30.2 Å². The average Bonchev–Trinajstić information content (AvgIpc) is 2.54.